The molecule has 1 aromatic rings. The van der Waals surface area contributed by atoms with Crippen molar-refractivity contribution in [3.63, 3.8) is 0 Å². The van der Waals surface area contributed by atoms with Crippen LogP contribution in [0.3, 0.4) is 0 Å². The van der Waals surface area contributed by atoms with Gasteiger partial charge in [-0.3, -0.25) is 0 Å². The lowest BCUT2D eigenvalue weighted by molar-refractivity contribution is 0.0392. The van der Waals surface area contributed by atoms with Gasteiger partial charge in [0.05, 0.1) is 13.2 Å². The van der Waals surface area contributed by atoms with E-state index in [0.29, 0.717) is 31.2 Å². The first kappa shape index (κ1) is 14.9. The Balaban J connectivity index is 2.41. The number of nitrogens with zero attached hydrogens (tertiary/aromatic N) is 1. The lowest BCUT2D eigenvalue weighted by atomic mass is 10.3. The summed E-state index contributed by atoms with van der Waals surface area (Å²) in [5.41, 5.74) is 0.828. The summed E-state index contributed by atoms with van der Waals surface area (Å²) >= 11 is 1.49. The van der Waals surface area contributed by atoms with E-state index in [2.05, 4.69) is 5.32 Å². The molecule has 0 amide bonds. The van der Waals surface area contributed by atoms with Crippen LogP contribution in [0.25, 0.3) is 0 Å². The number of aryl methyl sites for hydroxylation is 1. The molecule has 1 aliphatic heterocycles. The topological polar surface area (TPSA) is 58.6 Å². The predicted molar refractivity (Wildman–Crippen MR) is 76.0 cm³/mol. The Morgan fingerprint density at radius 3 is 2.95 bits per heavy atom. The van der Waals surface area contributed by atoms with Crippen LogP contribution in [0.2, 0.25) is 0 Å². The van der Waals surface area contributed by atoms with Gasteiger partial charge < -0.3 is 10.1 Å². The molecule has 0 aromatic carbocycles. The van der Waals surface area contributed by atoms with E-state index < -0.39 is 10.0 Å². The molecular weight excluding hydrogens is 284 g/mol. The molecule has 0 saturated carbocycles. The first-order chi connectivity index (χ1) is 8.98. The summed E-state index contributed by atoms with van der Waals surface area (Å²) in [6.07, 6.45) is 0. The van der Waals surface area contributed by atoms with Gasteiger partial charge >= 0.3 is 0 Å². The van der Waals surface area contributed by atoms with Crippen LogP contribution in [-0.2, 0) is 21.3 Å². The zero-order chi connectivity index (χ0) is 14.0. The van der Waals surface area contributed by atoms with Gasteiger partial charge in [0.25, 0.3) is 0 Å². The molecule has 7 heteroatoms. The molecule has 108 valence electrons. The fourth-order valence-electron chi connectivity index (χ4n) is 2.30. The van der Waals surface area contributed by atoms with Crippen LogP contribution in [0, 0.1) is 6.92 Å². The summed E-state index contributed by atoms with van der Waals surface area (Å²) in [6, 6.07) is -0.111. The summed E-state index contributed by atoms with van der Waals surface area (Å²) in [5, 5.41) is 4.93. The first-order valence-corrected chi connectivity index (χ1v) is 8.61. The van der Waals surface area contributed by atoms with Crippen molar-refractivity contribution in [2.45, 2.75) is 31.3 Å². The number of nitrogens with one attached hydrogen (secondary N) is 1. The highest BCUT2D eigenvalue weighted by atomic mass is 32.2. The van der Waals surface area contributed by atoms with Crippen molar-refractivity contribution in [3.8, 4) is 0 Å². The number of hydrogen-bond donors (Lipinski definition) is 1. The van der Waals surface area contributed by atoms with Gasteiger partial charge in [-0.25, -0.2) is 8.42 Å². The molecule has 2 heterocycles. The normalized spacial score (nSPS) is 21.7. The smallest absolute Gasteiger partial charge is 0.244 e. The Kier molecular flexibility index (Phi) is 4.62. The summed E-state index contributed by atoms with van der Waals surface area (Å²) in [5.74, 6) is 0. The van der Waals surface area contributed by atoms with E-state index in [-0.39, 0.29) is 6.04 Å². The molecule has 1 fully saturated rings. The molecule has 0 aliphatic carbocycles. The molecule has 1 aliphatic rings. The number of morpholine rings is 1. The average Bonchev–Trinajstić information content (AvgIpc) is 2.72. The van der Waals surface area contributed by atoms with Crippen molar-refractivity contribution in [2.75, 3.05) is 26.8 Å². The second kappa shape index (κ2) is 5.88. The number of sulfonamides is 1. The summed E-state index contributed by atoms with van der Waals surface area (Å²) in [7, 11) is -1.61. The second-order valence-corrected chi connectivity index (χ2v) is 7.53. The number of ether oxygens (including phenoxy) is 1. The van der Waals surface area contributed by atoms with Gasteiger partial charge in [-0.15, -0.1) is 11.3 Å². The zero-order valence-electron chi connectivity index (χ0n) is 11.5. The standard InChI is InChI=1S/C12H20N2O3S2/c1-9-8-18-11(6-13-3)12(9)19(15,16)14-4-5-17-7-10(14)2/h8,10,13H,4-7H2,1-3H3. The summed E-state index contributed by atoms with van der Waals surface area (Å²) in [4.78, 5) is 1.35. The van der Waals surface area contributed by atoms with Crippen LogP contribution in [0.5, 0.6) is 0 Å². The Bertz CT molecular complexity index is 539. The van der Waals surface area contributed by atoms with Crippen LogP contribution in [0.4, 0.5) is 0 Å². The van der Waals surface area contributed by atoms with E-state index in [1.54, 1.807) is 4.31 Å². The molecule has 2 rings (SSSR count). The monoisotopic (exact) mass is 304 g/mol. The molecule has 1 N–H and O–H groups in total. The minimum atomic E-state index is -3.43. The third-order valence-electron chi connectivity index (χ3n) is 3.20. The molecule has 1 atom stereocenters. The Morgan fingerprint density at radius 1 is 1.58 bits per heavy atom. The van der Waals surface area contributed by atoms with E-state index in [0.717, 1.165) is 10.4 Å². The molecule has 5 nitrogen and oxygen atoms in total. The van der Waals surface area contributed by atoms with E-state index >= 15 is 0 Å². The van der Waals surface area contributed by atoms with Crippen molar-refractivity contribution in [1.29, 1.82) is 0 Å². The van der Waals surface area contributed by atoms with Crippen LogP contribution < -0.4 is 5.32 Å². The number of thiophene rings is 1. The maximum absolute atomic E-state index is 12.8. The molecule has 19 heavy (non-hydrogen) atoms. The highest BCUT2D eigenvalue weighted by molar-refractivity contribution is 7.89. The van der Waals surface area contributed by atoms with Gasteiger partial charge in [0, 0.05) is 24.0 Å². The van der Waals surface area contributed by atoms with Gasteiger partial charge in [0.15, 0.2) is 0 Å². The Labute approximate surface area is 118 Å². The van der Waals surface area contributed by atoms with E-state index in [4.69, 9.17) is 4.74 Å². The summed E-state index contributed by atoms with van der Waals surface area (Å²) < 4.78 is 32.5. The third kappa shape index (κ3) is 2.85. The van der Waals surface area contributed by atoms with Gasteiger partial charge in [0.1, 0.15) is 4.90 Å². The van der Waals surface area contributed by atoms with Crippen molar-refractivity contribution in [2.24, 2.45) is 0 Å². The Morgan fingerprint density at radius 2 is 2.32 bits per heavy atom. The quantitative estimate of drug-likeness (QED) is 0.907. The number of rotatable bonds is 4. The first-order valence-electron chi connectivity index (χ1n) is 6.29. The lowest BCUT2D eigenvalue weighted by Gasteiger charge is -2.32. The minimum Gasteiger partial charge on any atom is -0.378 e. The van der Waals surface area contributed by atoms with Gasteiger partial charge in [-0.1, -0.05) is 0 Å². The van der Waals surface area contributed by atoms with Crippen molar-refractivity contribution in [1.82, 2.24) is 9.62 Å². The molecule has 0 radical (unpaired) electrons. The minimum absolute atomic E-state index is 0.111. The molecule has 0 bridgehead atoms. The third-order valence-corrected chi connectivity index (χ3v) is 6.68. The Hall–Kier alpha value is -0.470. The van der Waals surface area contributed by atoms with E-state index in [9.17, 15) is 8.42 Å². The average molecular weight is 304 g/mol. The van der Waals surface area contributed by atoms with Crippen LogP contribution in [0.1, 0.15) is 17.4 Å². The van der Waals surface area contributed by atoms with Gasteiger partial charge in [-0.2, -0.15) is 4.31 Å². The van der Waals surface area contributed by atoms with Gasteiger partial charge in [0.2, 0.25) is 10.0 Å². The SMILES string of the molecule is CNCc1scc(C)c1S(=O)(=O)N1CCOCC1C. The predicted octanol–water partition coefficient (Wildman–Crippen LogP) is 1.19. The highest BCUT2D eigenvalue weighted by Crippen LogP contribution is 2.31. The maximum atomic E-state index is 12.8. The van der Waals surface area contributed by atoms with E-state index in [1.165, 1.54) is 11.3 Å². The zero-order valence-corrected chi connectivity index (χ0v) is 13.1. The van der Waals surface area contributed by atoms with Crippen molar-refractivity contribution in [3.05, 3.63) is 15.8 Å². The summed E-state index contributed by atoms with van der Waals surface area (Å²) in [6.45, 7) is 5.67. The second-order valence-electron chi connectivity index (χ2n) is 4.74. The van der Waals surface area contributed by atoms with Crippen LogP contribution >= 0.6 is 11.3 Å². The molecule has 0 spiro atoms. The maximum Gasteiger partial charge on any atom is 0.244 e. The molecular formula is C12H20N2O3S2. The van der Waals surface area contributed by atoms with Crippen molar-refractivity contribution < 1.29 is 13.2 Å². The molecule has 1 aromatic heterocycles. The largest absolute Gasteiger partial charge is 0.378 e. The van der Waals surface area contributed by atoms with Crippen LogP contribution in [0.15, 0.2) is 10.3 Å². The lowest BCUT2D eigenvalue weighted by Crippen LogP contribution is -2.47. The fraction of sp³-hybridized carbons (Fsp3) is 0.667. The fourth-order valence-corrected chi connectivity index (χ4v) is 5.68. The van der Waals surface area contributed by atoms with Crippen LogP contribution in [-0.4, -0.2) is 45.6 Å². The van der Waals surface area contributed by atoms with Crippen molar-refractivity contribution >= 4 is 21.4 Å². The van der Waals surface area contributed by atoms with Gasteiger partial charge in [-0.05, 0) is 31.8 Å². The highest BCUT2D eigenvalue weighted by Gasteiger charge is 2.34. The van der Waals surface area contributed by atoms with E-state index in [1.807, 2.05) is 26.3 Å². The molecule has 1 saturated heterocycles. The molecule has 1 unspecified atom stereocenters. The number of hydrogen-bond acceptors (Lipinski definition) is 5.